The van der Waals surface area contributed by atoms with Gasteiger partial charge in [0.2, 0.25) is 0 Å². The van der Waals surface area contributed by atoms with Crippen molar-refractivity contribution in [2.45, 2.75) is 32.6 Å². The lowest BCUT2D eigenvalue weighted by Crippen LogP contribution is -2.44. The molecule has 2 aliphatic heterocycles. The Morgan fingerprint density at radius 2 is 1.89 bits per heavy atom. The van der Waals surface area contributed by atoms with Gasteiger partial charge in [-0.05, 0) is 68.0 Å². The zero-order valence-electron chi connectivity index (χ0n) is 20.4. The first-order valence-electron chi connectivity index (χ1n) is 12.5. The van der Waals surface area contributed by atoms with E-state index in [9.17, 15) is 4.39 Å². The molecule has 0 atom stereocenters. The van der Waals surface area contributed by atoms with Crippen molar-refractivity contribution >= 4 is 23.5 Å². The normalized spacial score (nSPS) is 20.2. The number of fused-ring (bicyclic) bond motifs is 1. The van der Waals surface area contributed by atoms with Crippen molar-refractivity contribution in [2.24, 2.45) is 10.9 Å². The van der Waals surface area contributed by atoms with Crippen LogP contribution in [0.4, 0.5) is 16.0 Å². The van der Waals surface area contributed by atoms with E-state index in [1.165, 1.54) is 30.9 Å². The topological polar surface area (TPSA) is 65.9 Å². The predicted octanol–water partition coefficient (Wildman–Crippen LogP) is 4.67. The van der Waals surface area contributed by atoms with Crippen molar-refractivity contribution in [1.82, 2.24) is 14.9 Å². The van der Waals surface area contributed by atoms with Gasteiger partial charge >= 0.3 is 6.01 Å². The molecule has 0 radical (unpaired) electrons. The molecule has 4 aliphatic rings. The summed E-state index contributed by atoms with van der Waals surface area (Å²) in [5.41, 5.74) is 4.13. The number of anilines is 2. The lowest BCUT2D eigenvalue weighted by Gasteiger charge is -2.33. The Kier molecular flexibility index (Phi) is 5.76. The molecule has 1 saturated heterocycles. The van der Waals surface area contributed by atoms with E-state index in [0.717, 1.165) is 61.1 Å². The minimum atomic E-state index is -0.256. The average molecular weight is 475 g/mol. The summed E-state index contributed by atoms with van der Waals surface area (Å²) < 4.78 is 20.8. The number of nitrogens with one attached hydrogen (secondary N) is 1. The summed E-state index contributed by atoms with van der Waals surface area (Å²) in [5.74, 6) is 3.07. The average Bonchev–Trinajstić information content (AvgIpc) is 3.39. The van der Waals surface area contributed by atoms with E-state index in [4.69, 9.17) is 9.72 Å². The summed E-state index contributed by atoms with van der Waals surface area (Å²) in [6, 6.07) is 5.44. The molecule has 8 heteroatoms. The molecule has 3 heterocycles. The van der Waals surface area contributed by atoms with Crippen LogP contribution in [0.2, 0.25) is 0 Å². The number of rotatable bonds is 5. The van der Waals surface area contributed by atoms with Gasteiger partial charge in [0.15, 0.2) is 0 Å². The summed E-state index contributed by atoms with van der Waals surface area (Å²) >= 11 is 0. The first-order valence-corrected chi connectivity index (χ1v) is 12.5. The van der Waals surface area contributed by atoms with E-state index in [2.05, 4.69) is 38.2 Å². The van der Waals surface area contributed by atoms with Crippen molar-refractivity contribution in [3.05, 3.63) is 52.4 Å². The second kappa shape index (κ2) is 9.07. The van der Waals surface area contributed by atoms with Crippen LogP contribution in [0.5, 0.6) is 11.8 Å². The van der Waals surface area contributed by atoms with Crippen LogP contribution < -0.4 is 15.0 Å². The summed E-state index contributed by atoms with van der Waals surface area (Å²) in [7, 11) is 2.13. The van der Waals surface area contributed by atoms with E-state index in [0.29, 0.717) is 23.9 Å². The number of nitrogens with zero attached hydrogens (tertiary/aromatic N) is 5. The molecule has 7 nitrogen and oxygen atoms in total. The van der Waals surface area contributed by atoms with Gasteiger partial charge in [-0.15, -0.1) is 0 Å². The Morgan fingerprint density at radius 3 is 2.66 bits per heavy atom. The fraction of sp³-hybridized carbons (Fsp3) is 0.444. The van der Waals surface area contributed by atoms with Crippen LogP contribution in [-0.2, 0) is 6.42 Å². The molecular weight excluding hydrogens is 443 g/mol. The van der Waals surface area contributed by atoms with Crippen LogP contribution in [0.25, 0.3) is 6.08 Å². The number of halogens is 1. The van der Waals surface area contributed by atoms with Gasteiger partial charge in [0, 0.05) is 38.3 Å². The fourth-order valence-electron chi connectivity index (χ4n) is 5.10. The molecule has 1 saturated carbocycles. The summed E-state index contributed by atoms with van der Waals surface area (Å²) in [5, 5.41) is 3.37. The molecule has 0 spiro atoms. The van der Waals surface area contributed by atoms with Crippen LogP contribution in [-0.4, -0.2) is 60.5 Å². The second-order valence-corrected chi connectivity index (χ2v) is 10.1. The van der Waals surface area contributed by atoms with Gasteiger partial charge < -0.3 is 19.9 Å². The Labute approximate surface area is 205 Å². The summed E-state index contributed by atoms with van der Waals surface area (Å²) in [6.07, 6.45) is 8.64. The number of likely N-dealkylation sites (N-methyl/N-ethyl adjacent to an activating group) is 1. The van der Waals surface area contributed by atoms with E-state index < -0.39 is 0 Å². The molecule has 182 valence electrons. The molecule has 0 unspecified atom stereocenters. The van der Waals surface area contributed by atoms with Crippen molar-refractivity contribution in [1.29, 1.82) is 0 Å². The van der Waals surface area contributed by atoms with Gasteiger partial charge in [-0.3, -0.25) is 4.99 Å². The monoisotopic (exact) mass is 474 g/mol. The molecule has 1 N–H and O–H groups in total. The predicted molar refractivity (Wildman–Crippen MR) is 137 cm³/mol. The first-order chi connectivity index (χ1) is 17.0. The van der Waals surface area contributed by atoms with E-state index in [1.54, 1.807) is 0 Å². The van der Waals surface area contributed by atoms with Crippen molar-refractivity contribution < 1.29 is 9.13 Å². The number of hydrogen-bond donors (Lipinski definition) is 1. The molecule has 6 rings (SSSR count). The number of amidine groups is 1. The Hall–Kier alpha value is -3.26. The maximum atomic E-state index is 14.7. The Bertz CT molecular complexity index is 1240. The number of aliphatic imine (C=N–C) groups is 1. The van der Waals surface area contributed by atoms with E-state index in [-0.39, 0.29) is 11.8 Å². The van der Waals surface area contributed by atoms with Crippen molar-refractivity contribution in [3.63, 3.8) is 0 Å². The SMILES string of the molecule is CC1=Cc2cc(Oc3nc(NC4=NCC(C5CCC5)=C4)cc(N4CCN(C)CC4)n3)cc(F)c2C1. The standard InChI is InChI=1S/C27H31FN6O/c1-17-10-19-12-21(14-23(28)22(19)11-17)35-27-31-25(15-26(32-27)34-8-6-33(2)7-9-34)30-24-13-20(16-29-24)18-4-3-5-18/h10,12-15,18H,3-9,11,16H2,1-2H3,(H,29,30,31,32). The van der Waals surface area contributed by atoms with E-state index in [1.807, 2.05) is 25.1 Å². The first kappa shape index (κ1) is 22.2. The quantitative estimate of drug-likeness (QED) is 0.680. The van der Waals surface area contributed by atoms with Gasteiger partial charge in [0.05, 0.1) is 6.54 Å². The van der Waals surface area contributed by atoms with Gasteiger partial charge in [-0.25, -0.2) is 4.39 Å². The number of benzene rings is 1. The zero-order chi connectivity index (χ0) is 23.9. The minimum absolute atomic E-state index is 0.198. The van der Waals surface area contributed by atoms with Crippen molar-refractivity contribution in [2.75, 3.05) is 50.0 Å². The molecule has 2 aromatic rings. The van der Waals surface area contributed by atoms with Crippen LogP contribution in [0, 0.1) is 11.7 Å². The number of allylic oxidation sites excluding steroid dienone is 1. The molecular formula is C27H31FN6O. The van der Waals surface area contributed by atoms with Crippen LogP contribution in [0.15, 0.2) is 40.4 Å². The van der Waals surface area contributed by atoms with Crippen LogP contribution in [0.1, 0.15) is 37.3 Å². The smallest absolute Gasteiger partial charge is 0.325 e. The van der Waals surface area contributed by atoms with Gasteiger partial charge in [0.1, 0.15) is 29.0 Å². The summed E-state index contributed by atoms with van der Waals surface area (Å²) in [6.45, 7) is 6.44. The molecule has 2 fully saturated rings. The number of hydrogen-bond acceptors (Lipinski definition) is 7. The minimum Gasteiger partial charge on any atom is -0.424 e. The van der Waals surface area contributed by atoms with E-state index >= 15 is 0 Å². The Morgan fingerprint density at radius 1 is 1.06 bits per heavy atom. The number of aromatic nitrogens is 2. The lowest BCUT2D eigenvalue weighted by atomic mass is 9.80. The molecule has 1 aromatic carbocycles. The lowest BCUT2D eigenvalue weighted by molar-refractivity contribution is 0.311. The number of piperazine rings is 1. The third-order valence-corrected chi connectivity index (χ3v) is 7.43. The highest BCUT2D eigenvalue weighted by atomic mass is 19.1. The fourth-order valence-corrected chi connectivity index (χ4v) is 5.10. The van der Waals surface area contributed by atoms with Crippen molar-refractivity contribution in [3.8, 4) is 11.8 Å². The molecule has 1 aromatic heterocycles. The van der Waals surface area contributed by atoms with Crippen LogP contribution in [0.3, 0.4) is 0 Å². The summed E-state index contributed by atoms with van der Waals surface area (Å²) in [4.78, 5) is 18.5. The zero-order valence-corrected chi connectivity index (χ0v) is 20.4. The van der Waals surface area contributed by atoms with Gasteiger partial charge in [0.25, 0.3) is 0 Å². The highest BCUT2D eigenvalue weighted by Crippen LogP contribution is 2.35. The molecule has 35 heavy (non-hydrogen) atoms. The van der Waals surface area contributed by atoms with Gasteiger partial charge in [-0.2, -0.15) is 9.97 Å². The molecule has 2 aliphatic carbocycles. The van der Waals surface area contributed by atoms with Crippen LogP contribution >= 0.6 is 0 Å². The highest BCUT2D eigenvalue weighted by Gasteiger charge is 2.25. The Balaban J connectivity index is 1.28. The third kappa shape index (κ3) is 4.67. The largest absolute Gasteiger partial charge is 0.424 e. The molecule has 0 bridgehead atoms. The maximum absolute atomic E-state index is 14.7. The highest BCUT2D eigenvalue weighted by molar-refractivity contribution is 6.05. The molecule has 0 amide bonds. The third-order valence-electron chi connectivity index (χ3n) is 7.43. The maximum Gasteiger partial charge on any atom is 0.325 e. The second-order valence-electron chi connectivity index (χ2n) is 10.1. The van der Waals surface area contributed by atoms with Gasteiger partial charge in [-0.1, -0.05) is 18.1 Å². The number of ether oxygens (including phenoxy) is 1.